The molecule has 1 aliphatic rings. The lowest BCUT2D eigenvalue weighted by Crippen LogP contribution is -2.48. The summed E-state index contributed by atoms with van der Waals surface area (Å²) in [5.41, 5.74) is 0. The molecule has 2 aromatic rings. The molecule has 1 saturated heterocycles. The SMILES string of the molecule is CC(Oc1ccccc1)C(=O)N1CCCC(Oc2ccc(N(C)C)nn2)C1. The Morgan fingerprint density at radius 1 is 1.19 bits per heavy atom. The zero-order valence-electron chi connectivity index (χ0n) is 16.0. The van der Waals surface area contributed by atoms with E-state index in [-0.39, 0.29) is 12.0 Å². The van der Waals surface area contributed by atoms with E-state index in [1.54, 1.807) is 6.92 Å². The third-order valence-electron chi connectivity index (χ3n) is 4.47. The first-order chi connectivity index (χ1) is 13.0. The summed E-state index contributed by atoms with van der Waals surface area (Å²) >= 11 is 0. The van der Waals surface area contributed by atoms with Gasteiger partial charge in [-0.2, -0.15) is 0 Å². The fourth-order valence-corrected chi connectivity index (χ4v) is 3.03. The van der Waals surface area contributed by atoms with Gasteiger partial charge in [-0.1, -0.05) is 18.2 Å². The van der Waals surface area contributed by atoms with Crippen LogP contribution in [0.2, 0.25) is 0 Å². The molecule has 0 N–H and O–H groups in total. The van der Waals surface area contributed by atoms with Crippen molar-refractivity contribution < 1.29 is 14.3 Å². The third kappa shape index (κ3) is 5.09. The van der Waals surface area contributed by atoms with E-state index in [0.29, 0.717) is 24.7 Å². The number of carbonyl (C=O) groups excluding carboxylic acids is 1. The second-order valence-corrected chi connectivity index (χ2v) is 6.86. The number of hydrogen-bond donors (Lipinski definition) is 0. The largest absolute Gasteiger partial charge is 0.481 e. The maximum absolute atomic E-state index is 12.7. The van der Waals surface area contributed by atoms with E-state index in [9.17, 15) is 4.79 Å². The van der Waals surface area contributed by atoms with E-state index in [4.69, 9.17) is 9.47 Å². The summed E-state index contributed by atoms with van der Waals surface area (Å²) < 4.78 is 11.7. The molecule has 144 valence electrons. The average Bonchev–Trinajstić information content (AvgIpc) is 2.69. The predicted molar refractivity (Wildman–Crippen MR) is 103 cm³/mol. The number of aromatic nitrogens is 2. The number of nitrogens with zero attached hydrogens (tertiary/aromatic N) is 4. The molecule has 2 heterocycles. The molecule has 0 saturated carbocycles. The molecule has 0 bridgehead atoms. The summed E-state index contributed by atoms with van der Waals surface area (Å²) in [5, 5.41) is 8.24. The van der Waals surface area contributed by atoms with Gasteiger partial charge in [-0.05, 0) is 38.0 Å². The zero-order valence-corrected chi connectivity index (χ0v) is 16.0. The van der Waals surface area contributed by atoms with Crippen molar-refractivity contribution in [2.45, 2.75) is 32.0 Å². The van der Waals surface area contributed by atoms with Crippen molar-refractivity contribution in [3.63, 3.8) is 0 Å². The van der Waals surface area contributed by atoms with E-state index < -0.39 is 6.10 Å². The fourth-order valence-electron chi connectivity index (χ4n) is 3.03. The van der Waals surface area contributed by atoms with E-state index in [1.165, 1.54) is 0 Å². The first-order valence-electron chi connectivity index (χ1n) is 9.21. The molecule has 0 spiro atoms. The maximum Gasteiger partial charge on any atom is 0.263 e. The van der Waals surface area contributed by atoms with Crippen molar-refractivity contribution in [1.82, 2.24) is 15.1 Å². The minimum Gasteiger partial charge on any atom is -0.481 e. The van der Waals surface area contributed by atoms with Crippen molar-refractivity contribution in [1.29, 1.82) is 0 Å². The Kier molecular flexibility index (Phi) is 6.11. The molecule has 2 unspecified atom stereocenters. The van der Waals surface area contributed by atoms with Crippen LogP contribution in [-0.2, 0) is 4.79 Å². The number of likely N-dealkylation sites (tertiary alicyclic amines) is 1. The van der Waals surface area contributed by atoms with Crippen LogP contribution in [0.15, 0.2) is 42.5 Å². The molecule has 1 amide bonds. The van der Waals surface area contributed by atoms with Crippen molar-refractivity contribution in [2.24, 2.45) is 0 Å². The van der Waals surface area contributed by atoms with Crippen LogP contribution < -0.4 is 14.4 Å². The Balaban J connectivity index is 1.55. The highest BCUT2D eigenvalue weighted by Gasteiger charge is 2.29. The zero-order chi connectivity index (χ0) is 19.2. The number of amides is 1. The summed E-state index contributed by atoms with van der Waals surface area (Å²) in [5.74, 6) is 1.92. The molecule has 0 aliphatic carbocycles. The summed E-state index contributed by atoms with van der Waals surface area (Å²) in [6, 6.07) is 13.1. The minimum atomic E-state index is -0.537. The lowest BCUT2D eigenvalue weighted by Gasteiger charge is -2.34. The van der Waals surface area contributed by atoms with Crippen LogP contribution in [0.5, 0.6) is 11.6 Å². The van der Waals surface area contributed by atoms with Gasteiger partial charge in [0, 0.05) is 26.7 Å². The summed E-state index contributed by atoms with van der Waals surface area (Å²) in [6.07, 6.45) is 1.14. The Hall–Kier alpha value is -2.83. The number of ether oxygens (including phenoxy) is 2. The van der Waals surface area contributed by atoms with Gasteiger partial charge in [-0.3, -0.25) is 4.79 Å². The number of rotatable bonds is 6. The first-order valence-corrected chi connectivity index (χ1v) is 9.21. The van der Waals surface area contributed by atoms with Gasteiger partial charge in [-0.15, -0.1) is 10.2 Å². The molecule has 3 rings (SSSR count). The molecule has 1 fully saturated rings. The number of anilines is 1. The predicted octanol–water partition coefficient (Wildman–Crippen LogP) is 2.38. The topological polar surface area (TPSA) is 67.8 Å². The molecular weight excluding hydrogens is 344 g/mol. The first kappa shape index (κ1) is 18.9. The lowest BCUT2D eigenvalue weighted by molar-refractivity contribution is -0.140. The molecule has 1 aliphatic heterocycles. The van der Waals surface area contributed by atoms with Gasteiger partial charge in [0.1, 0.15) is 11.9 Å². The normalized spacial score (nSPS) is 17.9. The Bertz CT molecular complexity index is 737. The van der Waals surface area contributed by atoms with E-state index in [2.05, 4.69) is 10.2 Å². The smallest absolute Gasteiger partial charge is 0.263 e. The maximum atomic E-state index is 12.7. The average molecular weight is 370 g/mol. The van der Waals surface area contributed by atoms with Crippen LogP contribution >= 0.6 is 0 Å². The number of benzene rings is 1. The van der Waals surface area contributed by atoms with Gasteiger partial charge in [-0.25, -0.2) is 0 Å². The highest BCUT2D eigenvalue weighted by Crippen LogP contribution is 2.19. The molecular formula is C20H26N4O3. The van der Waals surface area contributed by atoms with E-state index in [1.807, 2.05) is 66.4 Å². The van der Waals surface area contributed by atoms with Crippen LogP contribution in [-0.4, -0.2) is 60.4 Å². The van der Waals surface area contributed by atoms with Crippen LogP contribution in [0, 0.1) is 0 Å². The molecule has 1 aromatic heterocycles. The molecule has 2 atom stereocenters. The highest BCUT2D eigenvalue weighted by atomic mass is 16.5. The van der Waals surface area contributed by atoms with E-state index >= 15 is 0 Å². The second-order valence-electron chi connectivity index (χ2n) is 6.86. The number of piperidine rings is 1. The minimum absolute atomic E-state index is 0.0267. The molecule has 7 nitrogen and oxygen atoms in total. The molecule has 0 radical (unpaired) electrons. The van der Waals surface area contributed by atoms with Crippen molar-refractivity contribution >= 4 is 11.7 Å². The monoisotopic (exact) mass is 370 g/mol. The van der Waals surface area contributed by atoms with Crippen molar-refractivity contribution in [3.8, 4) is 11.6 Å². The summed E-state index contributed by atoms with van der Waals surface area (Å²) in [7, 11) is 3.82. The third-order valence-corrected chi connectivity index (χ3v) is 4.47. The van der Waals surface area contributed by atoms with Crippen molar-refractivity contribution in [3.05, 3.63) is 42.5 Å². The number of hydrogen-bond acceptors (Lipinski definition) is 6. The van der Waals surface area contributed by atoms with Gasteiger partial charge in [0.25, 0.3) is 5.91 Å². The Morgan fingerprint density at radius 2 is 1.96 bits per heavy atom. The fraction of sp³-hybridized carbons (Fsp3) is 0.450. The lowest BCUT2D eigenvalue weighted by atomic mass is 10.1. The Morgan fingerprint density at radius 3 is 2.63 bits per heavy atom. The van der Waals surface area contributed by atoms with Crippen molar-refractivity contribution in [2.75, 3.05) is 32.1 Å². The van der Waals surface area contributed by atoms with Crippen LogP contribution in [0.4, 0.5) is 5.82 Å². The van der Waals surface area contributed by atoms with Gasteiger partial charge in [0.2, 0.25) is 5.88 Å². The van der Waals surface area contributed by atoms with Crippen LogP contribution in [0.3, 0.4) is 0 Å². The molecule has 27 heavy (non-hydrogen) atoms. The van der Waals surface area contributed by atoms with Gasteiger partial charge >= 0.3 is 0 Å². The van der Waals surface area contributed by atoms with E-state index in [0.717, 1.165) is 18.7 Å². The Labute approximate surface area is 159 Å². The standard InChI is InChI=1S/C20H26N4O3/c1-15(26-16-8-5-4-6-9-16)20(25)24-13-7-10-17(14-24)27-19-12-11-18(21-22-19)23(2)3/h4-6,8-9,11-12,15,17H,7,10,13-14H2,1-3H3. The quantitative estimate of drug-likeness (QED) is 0.778. The number of para-hydroxylation sites is 1. The van der Waals surface area contributed by atoms with Gasteiger partial charge < -0.3 is 19.3 Å². The summed E-state index contributed by atoms with van der Waals surface area (Å²) in [4.78, 5) is 16.4. The number of carbonyl (C=O) groups is 1. The van der Waals surface area contributed by atoms with Gasteiger partial charge in [0.15, 0.2) is 11.9 Å². The summed E-state index contributed by atoms with van der Waals surface area (Å²) in [6.45, 7) is 3.02. The molecule has 1 aromatic carbocycles. The molecule has 7 heteroatoms. The second kappa shape index (κ2) is 8.70. The van der Waals surface area contributed by atoms with Gasteiger partial charge in [0.05, 0.1) is 6.54 Å². The van der Waals surface area contributed by atoms with Crippen LogP contribution in [0.25, 0.3) is 0 Å². The van der Waals surface area contributed by atoms with Crippen LogP contribution in [0.1, 0.15) is 19.8 Å². The highest BCUT2D eigenvalue weighted by molar-refractivity contribution is 5.81.